The Labute approximate surface area is 133 Å². The lowest BCUT2D eigenvalue weighted by molar-refractivity contribution is -0.144. The van der Waals surface area contributed by atoms with Gasteiger partial charge >= 0.3 is 0 Å². The number of carbonyl (C=O) groups excluding carboxylic acids is 2. The summed E-state index contributed by atoms with van der Waals surface area (Å²) in [5.74, 6) is -3.92. The Morgan fingerprint density at radius 1 is 1.26 bits per heavy atom. The van der Waals surface area contributed by atoms with Crippen LogP contribution in [0, 0.1) is 19.3 Å². The molecule has 3 heterocycles. The van der Waals surface area contributed by atoms with Gasteiger partial charge in [0.25, 0.3) is 11.8 Å². The van der Waals surface area contributed by atoms with Crippen LogP contribution in [0.4, 0.5) is 8.78 Å². The lowest BCUT2D eigenvalue weighted by Crippen LogP contribution is -2.56. The fourth-order valence-electron chi connectivity index (χ4n) is 3.63. The molecule has 124 valence electrons. The summed E-state index contributed by atoms with van der Waals surface area (Å²) in [6.07, 6.45) is -0.163. The molecule has 2 fully saturated rings. The molecule has 5 nitrogen and oxygen atoms in total. The van der Waals surface area contributed by atoms with E-state index in [9.17, 15) is 18.4 Å². The predicted octanol–water partition coefficient (Wildman–Crippen LogP) is 1.69. The molecule has 0 aromatic carbocycles. The predicted molar refractivity (Wildman–Crippen MR) is 79.2 cm³/mol. The zero-order chi connectivity index (χ0) is 16.8. The Hall–Kier alpha value is -2.05. The van der Waals surface area contributed by atoms with E-state index in [1.54, 1.807) is 26.0 Å². The van der Waals surface area contributed by atoms with Gasteiger partial charge in [-0.15, -0.1) is 0 Å². The van der Waals surface area contributed by atoms with Crippen LogP contribution in [0.2, 0.25) is 0 Å². The summed E-state index contributed by atoms with van der Waals surface area (Å²) in [6.45, 7) is 3.26. The summed E-state index contributed by atoms with van der Waals surface area (Å²) >= 11 is 0. The number of nitrogens with one attached hydrogen (secondary N) is 1. The van der Waals surface area contributed by atoms with Gasteiger partial charge < -0.3 is 10.2 Å². The van der Waals surface area contributed by atoms with Crippen LogP contribution in [0.15, 0.2) is 12.1 Å². The molecule has 1 aromatic rings. The van der Waals surface area contributed by atoms with Crippen LogP contribution >= 0.6 is 0 Å². The largest absolute Gasteiger partial charge is 0.356 e. The highest BCUT2D eigenvalue weighted by molar-refractivity contribution is 5.95. The standard InChI is InChI=1S/C16H19F2N3O2/c1-10-5-12(6-11(2)20-10)13(22)21-8-15(3-4-19-14(15)23)7-16(17,18)9-21/h5-6H,3-4,7-9H2,1-2H3,(H,19,23). The second kappa shape index (κ2) is 5.25. The first-order valence-corrected chi connectivity index (χ1v) is 7.62. The number of aryl methyl sites for hydroxylation is 2. The molecule has 2 aliphatic heterocycles. The third-order valence-corrected chi connectivity index (χ3v) is 4.50. The number of hydrogen-bond acceptors (Lipinski definition) is 3. The van der Waals surface area contributed by atoms with Crippen LogP contribution < -0.4 is 5.32 Å². The highest BCUT2D eigenvalue weighted by Crippen LogP contribution is 2.43. The van der Waals surface area contributed by atoms with Gasteiger partial charge in [0, 0.05) is 36.5 Å². The van der Waals surface area contributed by atoms with Crippen LogP contribution in [0.3, 0.4) is 0 Å². The molecule has 7 heteroatoms. The van der Waals surface area contributed by atoms with Crippen LogP contribution in [-0.2, 0) is 4.79 Å². The molecule has 1 spiro atoms. The van der Waals surface area contributed by atoms with Gasteiger partial charge in [-0.2, -0.15) is 0 Å². The highest BCUT2D eigenvalue weighted by Gasteiger charge is 2.55. The average Bonchev–Trinajstić information content (AvgIpc) is 2.75. The zero-order valence-corrected chi connectivity index (χ0v) is 13.2. The molecule has 2 amide bonds. The Balaban J connectivity index is 1.92. The van der Waals surface area contributed by atoms with E-state index < -0.39 is 30.2 Å². The van der Waals surface area contributed by atoms with Crippen molar-refractivity contribution in [3.05, 3.63) is 29.1 Å². The molecule has 0 saturated carbocycles. The van der Waals surface area contributed by atoms with Gasteiger partial charge in [0.05, 0.1) is 12.0 Å². The fraction of sp³-hybridized carbons (Fsp3) is 0.562. The van der Waals surface area contributed by atoms with Crippen LogP contribution in [0.25, 0.3) is 0 Å². The number of piperidine rings is 1. The van der Waals surface area contributed by atoms with Crippen molar-refractivity contribution in [1.82, 2.24) is 15.2 Å². The van der Waals surface area contributed by atoms with E-state index in [4.69, 9.17) is 0 Å². The van der Waals surface area contributed by atoms with E-state index in [2.05, 4.69) is 10.3 Å². The number of nitrogens with zero attached hydrogens (tertiary/aromatic N) is 2. The zero-order valence-electron chi connectivity index (χ0n) is 13.2. The van der Waals surface area contributed by atoms with E-state index in [1.807, 2.05) is 0 Å². The van der Waals surface area contributed by atoms with Crippen LogP contribution in [0.1, 0.15) is 34.6 Å². The van der Waals surface area contributed by atoms with Gasteiger partial charge in [0.15, 0.2) is 0 Å². The summed E-state index contributed by atoms with van der Waals surface area (Å²) in [5.41, 5.74) is 0.478. The first kappa shape index (κ1) is 15.8. The fourth-order valence-corrected chi connectivity index (χ4v) is 3.63. The summed E-state index contributed by atoms with van der Waals surface area (Å²) in [4.78, 5) is 30.0. The molecule has 23 heavy (non-hydrogen) atoms. The van der Waals surface area contributed by atoms with Gasteiger partial charge in [0.2, 0.25) is 5.91 Å². The maximum Gasteiger partial charge on any atom is 0.266 e. The SMILES string of the molecule is Cc1cc(C(=O)N2CC(F)(F)CC3(CCNC3=O)C2)cc(C)n1. The summed E-state index contributed by atoms with van der Waals surface area (Å²) in [7, 11) is 0. The lowest BCUT2D eigenvalue weighted by atomic mass is 9.77. The maximum absolute atomic E-state index is 14.2. The van der Waals surface area contributed by atoms with Gasteiger partial charge in [-0.3, -0.25) is 14.6 Å². The van der Waals surface area contributed by atoms with E-state index in [0.717, 1.165) is 4.90 Å². The molecular formula is C16H19F2N3O2. The van der Waals surface area contributed by atoms with E-state index in [-0.39, 0.29) is 12.5 Å². The van der Waals surface area contributed by atoms with Crippen molar-refractivity contribution in [2.75, 3.05) is 19.6 Å². The third kappa shape index (κ3) is 2.92. The third-order valence-electron chi connectivity index (χ3n) is 4.50. The normalized spacial score (nSPS) is 26.4. The van der Waals surface area contributed by atoms with Crippen LogP contribution in [0.5, 0.6) is 0 Å². The van der Waals surface area contributed by atoms with Gasteiger partial charge in [0.1, 0.15) is 0 Å². The maximum atomic E-state index is 14.2. The minimum Gasteiger partial charge on any atom is -0.356 e. The molecule has 0 aliphatic carbocycles. The molecule has 2 saturated heterocycles. The summed E-state index contributed by atoms with van der Waals surface area (Å²) in [6, 6.07) is 3.17. The number of amides is 2. The van der Waals surface area contributed by atoms with Crippen molar-refractivity contribution >= 4 is 11.8 Å². The van der Waals surface area contributed by atoms with Gasteiger partial charge in [-0.25, -0.2) is 8.78 Å². The Kier molecular flexibility index (Phi) is 3.61. The number of carbonyl (C=O) groups is 2. The quantitative estimate of drug-likeness (QED) is 0.855. The number of hydrogen-bond donors (Lipinski definition) is 1. The lowest BCUT2D eigenvalue weighted by Gasteiger charge is -2.42. The molecular weight excluding hydrogens is 304 g/mol. The molecule has 1 N–H and O–H groups in total. The summed E-state index contributed by atoms with van der Waals surface area (Å²) in [5, 5.41) is 2.62. The van der Waals surface area contributed by atoms with Crippen molar-refractivity contribution in [2.24, 2.45) is 5.41 Å². The van der Waals surface area contributed by atoms with Crippen molar-refractivity contribution in [1.29, 1.82) is 0 Å². The van der Waals surface area contributed by atoms with Crippen molar-refractivity contribution in [3.63, 3.8) is 0 Å². The van der Waals surface area contributed by atoms with E-state index in [0.29, 0.717) is 29.9 Å². The topological polar surface area (TPSA) is 62.3 Å². The second-order valence-electron chi connectivity index (χ2n) is 6.62. The van der Waals surface area contributed by atoms with E-state index >= 15 is 0 Å². The molecule has 3 rings (SSSR count). The summed E-state index contributed by atoms with van der Waals surface area (Å²) < 4.78 is 28.3. The molecule has 0 radical (unpaired) electrons. The average molecular weight is 323 g/mol. The molecule has 1 atom stereocenters. The number of likely N-dealkylation sites (tertiary alicyclic amines) is 1. The Morgan fingerprint density at radius 3 is 2.48 bits per heavy atom. The number of pyridine rings is 1. The van der Waals surface area contributed by atoms with Gasteiger partial charge in [-0.05, 0) is 32.4 Å². The molecule has 1 unspecified atom stereocenters. The van der Waals surface area contributed by atoms with Crippen molar-refractivity contribution in [2.45, 2.75) is 32.6 Å². The number of halogens is 2. The molecule has 1 aromatic heterocycles. The number of rotatable bonds is 1. The molecule has 2 aliphatic rings. The minimum atomic E-state index is -3.06. The van der Waals surface area contributed by atoms with Crippen molar-refractivity contribution < 1.29 is 18.4 Å². The van der Waals surface area contributed by atoms with Crippen molar-refractivity contribution in [3.8, 4) is 0 Å². The Bertz CT molecular complexity index is 657. The monoisotopic (exact) mass is 323 g/mol. The smallest absolute Gasteiger partial charge is 0.266 e. The number of aromatic nitrogens is 1. The first-order valence-electron chi connectivity index (χ1n) is 7.62. The molecule has 0 bridgehead atoms. The van der Waals surface area contributed by atoms with E-state index in [1.165, 1.54) is 0 Å². The van der Waals surface area contributed by atoms with Crippen LogP contribution in [-0.4, -0.2) is 47.3 Å². The highest BCUT2D eigenvalue weighted by atomic mass is 19.3. The second-order valence-corrected chi connectivity index (χ2v) is 6.62. The number of alkyl halides is 2. The first-order chi connectivity index (χ1) is 10.7. The Morgan fingerprint density at radius 2 is 1.91 bits per heavy atom. The van der Waals surface area contributed by atoms with Gasteiger partial charge in [-0.1, -0.05) is 0 Å². The minimum absolute atomic E-state index is 0.0354.